The zero-order valence-corrected chi connectivity index (χ0v) is 16.3. The standard InChI is InChI=1S/C24H20F3NO2/c1-14-3-2-4-21(22(14)15-5-8-18(9-6-15)24(25,26)27)23(30)28-19-10-7-16-12-20(29)13-17(16)11-19/h2-11,20,29H,12-13H2,1H3,(H,28,30). The lowest BCUT2D eigenvalue weighted by molar-refractivity contribution is -0.137. The highest BCUT2D eigenvalue weighted by Crippen LogP contribution is 2.33. The van der Waals surface area contributed by atoms with Crippen molar-refractivity contribution in [2.24, 2.45) is 0 Å². The monoisotopic (exact) mass is 411 g/mol. The number of halogens is 3. The van der Waals surface area contributed by atoms with Gasteiger partial charge in [0.2, 0.25) is 0 Å². The highest BCUT2D eigenvalue weighted by atomic mass is 19.4. The van der Waals surface area contributed by atoms with Crippen LogP contribution in [0.25, 0.3) is 11.1 Å². The Balaban J connectivity index is 1.65. The molecule has 30 heavy (non-hydrogen) atoms. The van der Waals surface area contributed by atoms with Crippen LogP contribution < -0.4 is 5.32 Å². The number of anilines is 1. The van der Waals surface area contributed by atoms with Crippen molar-refractivity contribution >= 4 is 11.6 Å². The van der Waals surface area contributed by atoms with Gasteiger partial charge in [0.05, 0.1) is 11.7 Å². The van der Waals surface area contributed by atoms with Crippen LogP contribution in [-0.2, 0) is 19.0 Å². The summed E-state index contributed by atoms with van der Waals surface area (Å²) in [7, 11) is 0. The van der Waals surface area contributed by atoms with Gasteiger partial charge < -0.3 is 10.4 Å². The fraction of sp³-hybridized carbons (Fsp3) is 0.208. The van der Waals surface area contributed by atoms with Crippen molar-refractivity contribution in [1.29, 1.82) is 0 Å². The van der Waals surface area contributed by atoms with Crippen LogP contribution in [0, 0.1) is 6.92 Å². The molecule has 2 N–H and O–H groups in total. The average molecular weight is 411 g/mol. The van der Waals surface area contributed by atoms with Crippen LogP contribution in [0.3, 0.4) is 0 Å². The molecule has 0 fully saturated rings. The van der Waals surface area contributed by atoms with E-state index in [9.17, 15) is 23.1 Å². The van der Waals surface area contributed by atoms with Gasteiger partial charge in [-0.1, -0.05) is 30.3 Å². The summed E-state index contributed by atoms with van der Waals surface area (Å²) in [5, 5.41) is 12.7. The maximum atomic E-state index is 13.0. The van der Waals surface area contributed by atoms with Crippen molar-refractivity contribution in [1.82, 2.24) is 0 Å². The number of nitrogens with one attached hydrogen (secondary N) is 1. The van der Waals surface area contributed by atoms with Crippen molar-refractivity contribution in [3.8, 4) is 11.1 Å². The lowest BCUT2D eigenvalue weighted by Gasteiger charge is -2.15. The summed E-state index contributed by atoms with van der Waals surface area (Å²) >= 11 is 0. The molecule has 3 aromatic carbocycles. The van der Waals surface area contributed by atoms with Gasteiger partial charge >= 0.3 is 6.18 Å². The number of aliphatic hydroxyl groups is 1. The van der Waals surface area contributed by atoms with Gasteiger partial charge in [0.15, 0.2) is 0 Å². The van der Waals surface area contributed by atoms with Crippen LogP contribution in [0.15, 0.2) is 60.7 Å². The molecule has 0 spiro atoms. The Morgan fingerprint density at radius 2 is 1.70 bits per heavy atom. The summed E-state index contributed by atoms with van der Waals surface area (Å²) in [6, 6.07) is 15.6. The molecule has 0 radical (unpaired) electrons. The number of hydrogen-bond acceptors (Lipinski definition) is 2. The summed E-state index contributed by atoms with van der Waals surface area (Å²) in [6.45, 7) is 1.82. The van der Waals surface area contributed by atoms with Gasteiger partial charge in [0.25, 0.3) is 5.91 Å². The van der Waals surface area contributed by atoms with Crippen molar-refractivity contribution in [2.45, 2.75) is 32.0 Å². The molecule has 4 rings (SSSR count). The number of aliphatic hydroxyl groups excluding tert-OH is 1. The first kappa shape index (κ1) is 20.2. The second-order valence-corrected chi connectivity index (χ2v) is 7.57. The van der Waals surface area contributed by atoms with Gasteiger partial charge in [0, 0.05) is 11.3 Å². The van der Waals surface area contributed by atoms with Crippen LogP contribution in [0.2, 0.25) is 0 Å². The number of aryl methyl sites for hydroxylation is 1. The first-order chi connectivity index (χ1) is 14.2. The molecule has 3 nitrogen and oxygen atoms in total. The Labute approximate surface area is 172 Å². The molecule has 0 saturated heterocycles. The van der Waals surface area contributed by atoms with Gasteiger partial charge in [-0.25, -0.2) is 0 Å². The Kier molecular flexibility index (Phi) is 5.12. The molecular formula is C24H20F3NO2. The first-order valence-corrected chi connectivity index (χ1v) is 9.61. The molecule has 0 bridgehead atoms. The van der Waals surface area contributed by atoms with E-state index in [-0.39, 0.29) is 5.91 Å². The molecule has 6 heteroatoms. The zero-order chi connectivity index (χ0) is 21.5. The molecule has 0 aromatic heterocycles. The number of rotatable bonds is 3. The van der Waals surface area contributed by atoms with E-state index in [0.29, 0.717) is 35.2 Å². The average Bonchev–Trinajstić information content (AvgIpc) is 3.06. The summed E-state index contributed by atoms with van der Waals surface area (Å²) in [6.07, 6.45) is -3.64. The van der Waals surface area contributed by atoms with Gasteiger partial charge in [0.1, 0.15) is 0 Å². The van der Waals surface area contributed by atoms with Crippen molar-refractivity contribution in [3.63, 3.8) is 0 Å². The minimum absolute atomic E-state index is 0.341. The van der Waals surface area contributed by atoms with E-state index in [4.69, 9.17) is 0 Å². The van der Waals surface area contributed by atoms with E-state index >= 15 is 0 Å². The number of benzene rings is 3. The van der Waals surface area contributed by atoms with Gasteiger partial charge in [-0.3, -0.25) is 4.79 Å². The molecular weight excluding hydrogens is 391 g/mol. The lowest BCUT2D eigenvalue weighted by atomic mass is 9.93. The molecule has 1 atom stereocenters. The number of fused-ring (bicyclic) bond motifs is 1. The third-order valence-corrected chi connectivity index (χ3v) is 5.39. The van der Waals surface area contributed by atoms with E-state index in [1.807, 2.05) is 25.1 Å². The fourth-order valence-electron chi connectivity index (χ4n) is 3.94. The topological polar surface area (TPSA) is 49.3 Å². The first-order valence-electron chi connectivity index (χ1n) is 9.61. The highest BCUT2D eigenvalue weighted by Gasteiger charge is 2.30. The summed E-state index contributed by atoms with van der Waals surface area (Å²) < 4.78 is 38.7. The van der Waals surface area contributed by atoms with Crippen LogP contribution in [0.4, 0.5) is 18.9 Å². The Morgan fingerprint density at radius 3 is 2.40 bits per heavy atom. The van der Waals surface area contributed by atoms with Crippen LogP contribution in [0.1, 0.15) is 32.6 Å². The second-order valence-electron chi connectivity index (χ2n) is 7.57. The Morgan fingerprint density at radius 1 is 1.00 bits per heavy atom. The Bertz CT molecular complexity index is 1100. The normalized spacial score (nSPS) is 15.7. The molecule has 154 valence electrons. The largest absolute Gasteiger partial charge is 0.416 e. The number of amides is 1. The van der Waals surface area contributed by atoms with Crippen molar-refractivity contribution < 1.29 is 23.1 Å². The zero-order valence-electron chi connectivity index (χ0n) is 16.3. The van der Waals surface area contributed by atoms with Crippen LogP contribution >= 0.6 is 0 Å². The molecule has 1 aliphatic carbocycles. The van der Waals surface area contributed by atoms with Crippen LogP contribution in [-0.4, -0.2) is 17.1 Å². The number of carbonyl (C=O) groups excluding carboxylic acids is 1. The molecule has 1 amide bonds. The third-order valence-electron chi connectivity index (χ3n) is 5.39. The predicted molar refractivity (Wildman–Crippen MR) is 109 cm³/mol. The quantitative estimate of drug-likeness (QED) is 0.607. The van der Waals surface area contributed by atoms with Gasteiger partial charge in [-0.05, 0) is 77.9 Å². The van der Waals surface area contributed by atoms with Crippen molar-refractivity contribution in [2.75, 3.05) is 5.32 Å². The maximum absolute atomic E-state index is 13.0. The maximum Gasteiger partial charge on any atom is 0.416 e. The van der Waals surface area contributed by atoms with E-state index in [1.165, 1.54) is 12.1 Å². The van der Waals surface area contributed by atoms with E-state index in [2.05, 4.69) is 5.32 Å². The summed E-state index contributed by atoms with van der Waals surface area (Å²) in [5.74, 6) is -0.341. The minimum Gasteiger partial charge on any atom is -0.392 e. The Hall–Kier alpha value is -3.12. The lowest BCUT2D eigenvalue weighted by Crippen LogP contribution is -2.14. The van der Waals surface area contributed by atoms with E-state index in [0.717, 1.165) is 28.8 Å². The van der Waals surface area contributed by atoms with E-state index < -0.39 is 17.8 Å². The van der Waals surface area contributed by atoms with Gasteiger partial charge in [-0.15, -0.1) is 0 Å². The van der Waals surface area contributed by atoms with Crippen molar-refractivity contribution in [3.05, 3.63) is 88.5 Å². The number of carbonyl (C=O) groups is 1. The van der Waals surface area contributed by atoms with E-state index in [1.54, 1.807) is 18.2 Å². The number of alkyl halides is 3. The third kappa shape index (κ3) is 3.96. The molecule has 0 heterocycles. The molecule has 0 aliphatic heterocycles. The predicted octanol–water partition coefficient (Wildman–Crippen LogP) is 5.39. The van der Waals surface area contributed by atoms with Crippen LogP contribution in [0.5, 0.6) is 0 Å². The molecule has 3 aromatic rings. The SMILES string of the molecule is Cc1cccc(C(=O)Nc2ccc3c(c2)CC(O)C3)c1-c1ccc(C(F)(F)F)cc1. The smallest absolute Gasteiger partial charge is 0.392 e. The minimum atomic E-state index is -4.41. The number of hydrogen-bond donors (Lipinski definition) is 2. The molecule has 0 saturated carbocycles. The summed E-state index contributed by atoms with van der Waals surface area (Å²) in [4.78, 5) is 13.0. The van der Waals surface area contributed by atoms with Gasteiger partial charge in [-0.2, -0.15) is 13.2 Å². The second kappa shape index (κ2) is 7.61. The molecule has 1 unspecified atom stereocenters. The molecule has 1 aliphatic rings. The highest BCUT2D eigenvalue weighted by molar-refractivity contribution is 6.09. The fourth-order valence-corrected chi connectivity index (χ4v) is 3.94. The summed E-state index contributed by atoms with van der Waals surface area (Å²) in [5.41, 5.74) is 4.28.